The maximum Gasteiger partial charge on any atom is 0.243 e. The summed E-state index contributed by atoms with van der Waals surface area (Å²) >= 11 is 1.60. The fourth-order valence-electron chi connectivity index (χ4n) is 1.43. The van der Waals surface area contributed by atoms with Crippen LogP contribution in [0.1, 0.15) is 33.0 Å². The predicted molar refractivity (Wildman–Crippen MR) is 62.5 cm³/mol. The van der Waals surface area contributed by atoms with Crippen molar-refractivity contribution in [1.29, 1.82) is 0 Å². The summed E-state index contributed by atoms with van der Waals surface area (Å²) in [5.41, 5.74) is 2.91. The van der Waals surface area contributed by atoms with Crippen LogP contribution in [0.4, 0.5) is 0 Å². The minimum Gasteiger partial charge on any atom is -0.294 e. The van der Waals surface area contributed by atoms with Crippen LogP contribution in [0.5, 0.6) is 0 Å². The van der Waals surface area contributed by atoms with Gasteiger partial charge >= 0.3 is 0 Å². The number of amides is 1. The molecule has 0 spiro atoms. The molecule has 1 aromatic rings. The van der Waals surface area contributed by atoms with Crippen LogP contribution in [0.15, 0.2) is 6.07 Å². The standard InChI is InChI=1S/C11H15NO3S/c1-7-6-9(8(2)16-7)10(13)4-5-11(14)12-15-3/h6H,4-5H2,1-3H3,(H,12,14). The van der Waals surface area contributed by atoms with E-state index in [0.29, 0.717) is 0 Å². The number of hydrogen-bond donors (Lipinski definition) is 1. The molecule has 0 unspecified atom stereocenters. The second kappa shape index (κ2) is 5.77. The number of thiophene rings is 1. The molecule has 16 heavy (non-hydrogen) atoms. The molecular weight excluding hydrogens is 226 g/mol. The number of ketones is 1. The molecule has 0 radical (unpaired) electrons. The third-order valence-corrected chi connectivity index (χ3v) is 3.10. The Morgan fingerprint density at radius 2 is 2.06 bits per heavy atom. The van der Waals surface area contributed by atoms with Gasteiger partial charge < -0.3 is 0 Å². The van der Waals surface area contributed by atoms with E-state index >= 15 is 0 Å². The Morgan fingerprint density at radius 3 is 2.56 bits per heavy atom. The molecule has 0 bridgehead atoms. The second-order valence-electron chi connectivity index (χ2n) is 3.48. The Hall–Kier alpha value is -1.20. The van der Waals surface area contributed by atoms with Crippen LogP contribution >= 0.6 is 11.3 Å². The normalized spacial score (nSPS) is 10.2. The number of carbonyl (C=O) groups excluding carboxylic acids is 2. The number of nitrogens with one attached hydrogen (secondary N) is 1. The van der Waals surface area contributed by atoms with Gasteiger partial charge in [0.15, 0.2) is 5.78 Å². The summed E-state index contributed by atoms with van der Waals surface area (Å²) < 4.78 is 0. The van der Waals surface area contributed by atoms with Gasteiger partial charge in [-0.2, -0.15) is 0 Å². The molecule has 1 amide bonds. The van der Waals surface area contributed by atoms with Gasteiger partial charge in [0.2, 0.25) is 5.91 Å². The van der Waals surface area contributed by atoms with Crippen LogP contribution in [-0.2, 0) is 9.63 Å². The van der Waals surface area contributed by atoms with E-state index in [1.807, 2.05) is 19.9 Å². The zero-order valence-corrected chi connectivity index (χ0v) is 10.4. The van der Waals surface area contributed by atoms with E-state index in [9.17, 15) is 9.59 Å². The van der Waals surface area contributed by atoms with Crippen molar-refractivity contribution in [3.8, 4) is 0 Å². The van der Waals surface area contributed by atoms with Crippen LogP contribution < -0.4 is 5.48 Å². The average molecular weight is 241 g/mol. The van der Waals surface area contributed by atoms with Crippen LogP contribution in [-0.4, -0.2) is 18.8 Å². The monoisotopic (exact) mass is 241 g/mol. The first kappa shape index (κ1) is 12.9. The first-order valence-corrected chi connectivity index (χ1v) is 5.78. The fourth-order valence-corrected chi connectivity index (χ4v) is 2.38. The number of Topliss-reactive ketones (excluding diaryl/α,β-unsaturated/α-hetero) is 1. The smallest absolute Gasteiger partial charge is 0.243 e. The second-order valence-corrected chi connectivity index (χ2v) is 4.94. The van der Waals surface area contributed by atoms with Crippen molar-refractivity contribution in [2.24, 2.45) is 0 Å². The molecule has 1 heterocycles. The minimum atomic E-state index is -0.277. The van der Waals surface area contributed by atoms with Crippen molar-refractivity contribution < 1.29 is 14.4 Å². The fraction of sp³-hybridized carbons (Fsp3) is 0.455. The van der Waals surface area contributed by atoms with Gasteiger partial charge in [0.05, 0.1) is 7.11 Å². The lowest BCUT2D eigenvalue weighted by atomic mass is 10.1. The summed E-state index contributed by atoms with van der Waals surface area (Å²) in [5, 5.41) is 0. The van der Waals surface area contributed by atoms with E-state index in [1.54, 1.807) is 11.3 Å². The topological polar surface area (TPSA) is 55.4 Å². The number of hydrogen-bond acceptors (Lipinski definition) is 4. The predicted octanol–water partition coefficient (Wildman–Crippen LogP) is 2.01. The Kier molecular flexibility index (Phi) is 4.64. The molecule has 1 rings (SSSR count). The zero-order chi connectivity index (χ0) is 12.1. The first-order chi connectivity index (χ1) is 7.54. The zero-order valence-electron chi connectivity index (χ0n) is 9.62. The minimum absolute atomic E-state index is 0.00750. The van der Waals surface area contributed by atoms with Crippen molar-refractivity contribution in [2.45, 2.75) is 26.7 Å². The molecule has 1 aromatic heterocycles. The summed E-state index contributed by atoms with van der Waals surface area (Å²) in [6.07, 6.45) is 0.368. The van der Waals surface area contributed by atoms with Gasteiger partial charge in [0.25, 0.3) is 0 Å². The molecule has 0 saturated heterocycles. The highest BCUT2D eigenvalue weighted by atomic mass is 32.1. The van der Waals surface area contributed by atoms with Gasteiger partial charge in [-0.15, -0.1) is 11.3 Å². The summed E-state index contributed by atoms with van der Waals surface area (Å²) in [5.74, 6) is -0.270. The SMILES string of the molecule is CONC(=O)CCC(=O)c1cc(C)sc1C. The average Bonchev–Trinajstić information content (AvgIpc) is 2.55. The van der Waals surface area contributed by atoms with Crippen LogP contribution in [0.3, 0.4) is 0 Å². The van der Waals surface area contributed by atoms with Crippen LogP contribution in [0.25, 0.3) is 0 Å². The van der Waals surface area contributed by atoms with Crippen molar-refractivity contribution in [2.75, 3.05) is 7.11 Å². The molecule has 88 valence electrons. The van der Waals surface area contributed by atoms with E-state index in [2.05, 4.69) is 10.3 Å². The van der Waals surface area contributed by atoms with E-state index in [1.165, 1.54) is 7.11 Å². The molecule has 0 aliphatic carbocycles. The van der Waals surface area contributed by atoms with E-state index in [4.69, 9.17) is 0 Å². The number of carbonyl (C=O) groups is 2. The highest BCUT2D eigenvalue weighted by Gasteiger charge is 2.13. The molecule has 1 N–H and O–H groups in total. The molecular formula is C11H15NO3S. The largest absolute Gasteiger partial charge is 0.294 e. The lowest BCUT2D eigenvalue weighted by molar-refractivity contribution is -0.131. The number of hydroxylamine groups is 1. The summed E-state index contributed by atoms with van der Waals surface area (Å²) in [4.78, 5) is 29.4. The number of aryl methyl sites for hydroxylation is 2. The quantitative estimate of drug-likeness (QED) is 0.633. The van der Waals surface area contributed by atoms with Gasteiger partial charge in [-0.25, -0.2) is 5.48 Å². The summed E-state index contributed by atoms with van der Waals surface area (Å²) in [6, 6.07) is 1.87. The van der Waals surface area contributed by atoms with Crippen molar-refractivity contribution in [1.82, 2.24) is 5.48 Å². The van der Waals surface area contributed by atoms with Crippen molar-refractivity contribution in [3.05, 3.63) is 21.4 Å². The van der Waals surface area contributed by atoms with E-state index < -0.39 is 0 Å². The Labute approximate surface area is 98.6 Å². The molecule has 0 atom stereocenters. The molecule has 4 nitrogen and oxygen atoms in total. The molecule has 5 heteroatoms. The van der Waals surface area contributed by atoms with Gasteiger partial charge in [-0.05, 0) is 19.9 Å². The van der Waals surface area contributed by atoms with Crippen molar-refractivity contribution in [3.63, 3.8) is 0 Å². The maximum atomic E-state index is 11.8. The van der Waals surface area contributed by atoms with Crippen LogP contribution in [0.2, 0.25) is 0 Å². The number of rotatable bonds is 5. The third-order valence-electron chi connectivity index (χ3n) is 2.14. The van der Waals surface area contributed by atoms with E-state index in [0.717, 1.165) is 15.3 Å². The summed E-state index contributed by atoms with van der Waals surface area (Å²) in [7, 11) is 1.37. The maximum absolute atomic E-state index is 11.8. The van der Waals surface area contributed by atoms with Gasteiger partial charge in [0.1, 0.15) is 0 Å². The lowest BCUT2D eigenvalue weighted by Crippen LogP contribution is -2.22. The third kappa shape index (κ3) is 3.43. The molecule has 0 aromatic carbocycles. The molecule has 0 fully saturated rings. The molecule has 0 aliphatic heterocycles. The first-order valence-electron chi connectivity index (χ1n) is 4.96. The van der Waals surface area contributed by atoms with Gasteiger partial charge in [-0.3, -0.25) is 14.4 Å². The Balaban J connectivity index is 2.53. The van der Waals surface area contributed by atoms with Crippen LogP contribution in [0, 0.1) is 13.8 Å². The highest BCUT2D eigenvalue weighted by Crippen LogP contribution is 2.22. The van der Waals surface area contributed by atoms with Gasteiger partial charge in [0, 0.05) is 28.2 Å². The Bertz CT molecular complexity index is 398. The Morgan fingerprint density at radius 1 is 1.38 bits per heavy atom. The van der Waals surface area contributed by atoms with Gasteiger partial charge in [-0.1, -0.05) is 0 Å². The highest BCUT2D eigenvalue weighted by molar-refractivity contribution is 7.12. The molecule has 0 aliphatic rings. The summed E-state index contributed by atoms with van der Waals surface area (Å²) in [6.45, 7) is 3.88. The van der Waals surface area contributed by atoms with Crippen molar-refractivity contribution >= 4 is 23.0 Å². The lowest BCUT2D eigenvalue weighted by Gasteiger charge is -2.01. The van der Waals surface area contributed by atoms with E-state index in [-0.39, 0.29) is 24.5 Å². The molecule has 0 saturated carbocycles.